The van der Waals surface area contributed by atoms with Gasteiger partial charge >= 0.3 is 0 Å². The van der Waals surface area contributed by atoms with Crippen LogP contribution in [0.2, 0.25) is 0 Å². The van der Waals surface area contributed by atoms with E-state index in [1.165, 1.54) is 0 Å². The molecule has 0 saturated heterocycles. The van der Waals surface area contributed by atoms with Gasteiger partial charge in [-0.25, -0.2) is 4.39 Å². The average Bonchev–Trinajstić information content (AvgIpc) is 1.88. The van der Waals surface area contributed by atoms with E-state index in [1.54, 1.807) is 0 Å². The highest BCUT2D eigenvalue weighted by atomic mass is 35.5. The van der Waals surface area contributed by atoms with Gasteiger partial charge in [-0.1, -0.05) is 32.4 Å². The van der Waals surface area contributed by atoms with Gasteiger partial charge in [0.2, 0.25) is 0 Å². The number of hydrogen-bond donors (Lipinski definition) is 0. The number of rotatable bonds is 0. The van der Waals surface area contributed by atoms with Crippen LogP contribution >= 0.6 is 11.6 Å². The Hall–Kier alpha value is 0.220. The monoisotopic (exact) mass is 136 g/mol. The van der Waals surface area contributed by atoms with Gasteiger partial charge in [0.05, 0.1) is 0 Å². The highest BCUT2D eigenvalue weighted by Crippen LogP contribution is 2.66. The summed E-state index contributed by atoms with van der Waals surface area (Å²) >= 11 is 5.42. The fourth-order valence-electron chi connectivity index (χ4n) is 0.898. The van der Waals surface area contributed by atoms with Gasteiger partial charge in [0.25, 0.3) is 0 Å². The van der Waals surface area contributed by atoms with E-state index < -0.39 is 5.13 Å². The molecule has 0 aromatic rings. The zero-order valence-electron chi connectivity index (χ0n) is 5.33. The normalized spacial score (nSPS) is 51.4. The summed E-state index contributed by atoms with van der Waals surface area (Å²) in [7, 11) is 0. The first-order valence-corrected chi connectivity index (χ1v) is 3.16. The Kier molecular flexibility index (Phi) is 0.956. The van der Waals surface area contributed by atoms with Crippen LogP contribution in [0.15, 0.2) is 0 Å². The molecule has 1 aliphatic rings. The quantitative estimate of drug-likeness (QED) is 0.449. The van der Waals surface area contributed by atoms with E-state index in [1.807, 2.05) is 20.8 Å². The molecule has 0 unspecified atom stereocenters. The van der Waals surface area contributed by atoms with Crippen molar-refractivity contribution in [1.29, 1.82) is 0 Å². The Labute approximate surface area is 54.0 Å². The van der Waals surface area contributed by atoms with Crippen molar-refractivity contribution in [3.63, 3.8) is 0 Å². The van der Waals surface area contributed by atoms with E-state index in [0.29, 0.717) is 0 Å². The smallest absolute Gasteiger partial charge is 0.192 e. The van der Waals surface area contributed by atoms with Crippen molar-refractivity contribution in [2.75, 3.05) is 0 Å². The molecule has 0 amide bonds. The molecule has 8 heavy (non-hydrogen) atoms. The molecule has 0 aromatic heterocycles. The molecule has 48 valence electrons. The standard InChI is InChI=1S/C6H10ClF/c1-4-5(2,3)6(4,7)8/h4H,1-3H3/t4-,6-/m1/s1. The van der Waals surface area contributed by atoms with Crippen molar-refractivity contribution < 1.29 is 4.39 Å². The first-order valence-electron chi connectivity index (χ1n) is 2.78. The third kappa shape index (κ3) is 0.459. The van der Waals surface area contributed by atoms with Gasteiger partial charge in [0.1, 0.15) is 0 Å². The minimum atomic E-state index is -1.42. The Morgan fingerprint density at radius 3 is 1.62 bits per heavy atom. The van der Waals surface area contributed by atoms with Crippen LogP contribution < -0.4 is 0 Å². The molecule has 0 radical (unpaired) electrons. The fourth-order valence-corrected chi connectivity index (χ4v) is 1.28. The summed E-state index contributed by atoms with van der Waals surface area (Å²) in [6, 6.07) is 0. The molecular formula is C6H10ClF. The lowest BCUT2D eigenvalue weighted by molar-refractivity contribution is 0.348. The maximum atomic E-state index is 12.7. The van der Waals surface area contributed by atoms with Gasteiger partial charge in [-0.3, -0.25) is 0 Å². The lowest BCUT2D eigenvalue weighted by atomic mass is 10.1. The summed E-state index contributed by atoms with van der Waals surface area (Å²) in [6.45, 7) is 5.50. The highest BCUT2D eigenvalue weighted by Gasteiger charge is 2.69. The van der Waals surface area contributed by atoms with Crippen LogP contribution in [0.25, 0.3) is 0 Å². The molecule has 1 saturated carbocycles. The van der Waals surface area contributed by atoms with Crippen LogP contribution in [0.5, 0.6) is 0 Å². The largest absolute Gasteiger partial charge is 0.225 e. The maximum Gasteiger partial charge on any atom is 0.192 e. The summed E-state index contributed by atoms with van der Waals surface area (Å²) < 4.78 is 12.7. The van der Waals surface area contributed by atoms with Crippen molar-refractivity contribution in [2.45, 2.75) is 25.9 Å². The molecule has 0 nitrogen and oxygen atoms in total. The predicted octanol–water partition coefficient (Wildman–Crippen LogP) is 2.57. The minimum Gasteiger partial charge on any atom is -0.225 e. The van der Waals surface area contributed by atoms with E-state index in [0.717, 1.165) is 0 Å². The molecule has 1 rings (SSSR count). The van der Waals surface area contributed by atoms with E-state index in [4.69, 9.17) is 11.6 Å². The molecular weight excluding hydrogens is 127 g/mol. The maximum absolute atomic E-state index is 12.7. The van der Waals surface area contributed by atoms with Crippen LogP contribution in [-0.4, -0.2) is 5.13 Å². The van der Waals surface area contributed by atoms with E-state index in [9.17, 15) is 4.39 Å². The highest BCUT2D eigenvalue weighted by molar-refractivity contribution is 6.25. The van der Waals surface area contributed by atoms with Gasteiger partial charge in [0.15, 0.2) is 5.13 Å². The molecule has 0 heterocycles. The SMILES string of the molecule is C[C@@H]1C(C)(C)[C@@]1(F)Cl. The predicted molar refractivity (Wildman–Crippen MR) is 32.6 cm³/mol. The Morgan fingerprint density at radius 2 is 1.62 bits per heavy atom. The zero-order chi connectivity index (χ0) is 6.58. The number of alkyl halides is 2. The molecule has 0 spiro atoms. The zero-order valence-corrected chi connectivity index (χ0v) is 6.09. The van der Waals surface area contributed by atoms with Crippen LogP contribution in [-0.2, 0) is 0 Å². The van der Waals surface area contributed by atoms with E-state index >= 15 is 0 Å². The van der Waals surface area contributed by atoms with Crippen LogP contribution in [0.4, 0.5) is 4.39 Å². The molecule has 0 N–H and O–H groups in total. The Bertz CT molecular complexity index is 104. The third-order valence-electron chi connectivity index (χ3n) is 2.40. The average molecular weight is 137 g/mol. The minimum absolute atomic E-state index is 0.0108. The second kappa shape index (κ2) is 1.21. The van der Waals surface area contributed by atoms with Gasteiger partial charge in [-0.05, 0) is 0 Å². The van der Waals surface area contributed by atoms with E-state index in [2.05, 4.69) is 0 Å². The molecule has 0 bridgehead atoms. The second-order valence-corrected chi connectivity index (χ2v) is 3.62. The van der Waals surface area contributed by atoms with E-state index in [-0.39, 0.29) is 11.3 Å². The molecule has 0 aliphatic heterocycles. The number of halogens is 2. The van der Waals surface area contributed by atoms with Gasteiger partial charge in [-0.15, -0.1) is 0 Å². The molecule has 1 fully saturated rings. The molecule has 2 atom stereocenters. The first-order chi connectivity index (χ1) is 3.40. The summed E-state index contributed by atoms with van der Waals surface area (Å²) in [6.07, 6.45) is 0. The van der Waals surface area contributed by atoms with Crippen molar-refractivity contribution in [1.82, 2.24) is 0 Å². The Balaban J connectivity index is 2.72. The molecule has 0 aromatic carbocycles. The summed E-state index contributed by atoms with van der Waals surface area (Å²) in [5, 5.41) is -1.42. The second-order valence-electron chi connectivity index (χ2n) is 3.07. The molecule has 2 heteroatoms. The molecule has 1 aliphatic carbocycles. The first kappa shape index (κ1) is 6.34. The van der Waals surface area contributed by atoms with Crippen LogP contribution in [0.3, 0.4) is 0 Å². The lowest BCUT2D eigenvalue weighted by Gasteiger charge is -1.97. The summed E-state index contributed by atoms with van der Waals surface area (Å²) in [5.41, 5.74) is -0.297. The van der Waals surface area contributed by atoms with Crippen molar-refractivity contribution >= 4 is 11.6 Å². The lowest BCUT2D eigenvalue weighted by Crippen LogP contribution is -1.97. The Morgan fingerprint density at radius 1 is 1.50 bits per heavy atom. The van der Waals surface area contributed by atoms with Crippen molar-refractivity contribution in [2.24, 2.45) is 11.3 Å². The van der Waals surface area contributed by atoms with Gasteiger partial charge in [0, 0.05) is 11.3 Å². The summed E-state index contributed by atoms with van der Waals surface area (Å²) in [4.78, 5) is 0. The number of hydrogen-bond acceptors (Lipinski definition) is 0. The van der Waals surface area contributed by atoms with Crippen molar-refractivity contribution in [3.05, 3.63) is 0 Å². The van der Waals surface area contributed by atoms with Gasteiger partial charge < -0.3 is 0 Å². The topological polar surface area (TPSA) is 0 Å². The van der Waals surface area contributed by atoms with Crippen LogP contribution in [0.1, 0.15) is 20.8 Å². The third-order valence-corrected chi connectivity index (χ3v) is 3.22. The van der Waals surface area contributed by atoms with Crippen LogP contribution in [0, 0.1) is 11.3 Å². The van der Waals surface area contributed by atoms with Crippen molar-refractivity contribution in [3.8, 4) is 0 Å². The fraction of sp³-hybridized carbons (Fsp3) is 1.00. The van der Waals surface area contributed by atoms with Gasteiger partial charge in [-0.2, -0.15) is 0 Å². The summed E-state index contributed by atoms with van der Waals surface area (Å²) in [5.74, 6) is 0.0108.